The SMILES string of the molecule is O=C1OC[C@H](Cc2ccccc2)N1C(O)C(CCC(O)c1ccc(F)cc1)C(Nc1ccc(O)cc1)c1ccc(Br)cc1OCc1ccccc1. The van der Waals surface area contributed by atoms with Gasteiger partial charge in [-0.05, 0) is 84.5 Å². The van der Waals surface area contributed by atoms with Crippen LogP contribution in [0.2, 0.25) is 0 Å². The highest BCUT2D eigenvalue weighted by Gasteiger charge is 2.44. The quantitative estimate of drug-likeness (QED) is 0.0793. The van der Waals surface area contributed by atoms with Gasteiger partial charge in [0.15, 0.2) is 0 Å². The number of anilines is 1. The number of cyclic esters (lactones) is 1. The van der Waals surface area contributed by atoms with Gasteiger partial charge < -0.3 is 30.1 Å². The summed E-state index contributed by atoms with van der Waals surface area (Å²) in [6.07, 6.45) is -2.09. The lowest BCUT2D eigenvalue weighted by atomic mass is 9.84. The predicted molar refractivity (Wildman–Crippen MR) is 197 cm³/mol. The van der Waals surface area contributed by atoms with E-state index in [-0.39, 0.29) is 31.8 Å². The number of rotatable bonds is 15. The molecule has 0 aromatic heterocycles. The summed E-state index contributed by atoms with van der Waals surface area (Å²) in [7, 11) is 0. The molecule has 0 saturated carbocycles. The molecule has 5 aromatic carbocycles. The Labute approximate surface area is 305 Å². The first-order valence-corrected chi connectivity index (χ1v) is 17.7. The maximum atomic E-state index is 13.7. The summed E-state index contributed by atoms with van der Waals surface area (Å²) >= 11 is 3.59. The van der Waals surface area contributed by atoms with Gasteiger partial charge in [0, 0.05) is 21.6 Å². The van der Waals surface area contributed by atoms with Crippen LogP contribution in [0.3, 0.4) is 0 Å². The molecule has 5 aromatic rings. The van der Waals surface area contributed by atoms with E-state index in [1.807, 2.05) is 78.9 Å². The molecule has 0 spiro atoms. The van der Waals surface area contributed by atoms with Gasteiger partial charge in [-0.1, -0.05) is 94.8 Å². The van der Waals surface area contributed by atoms with Gasteiger partial charge >= 0.3 is 6.09 Å². The first kappa shape index (κ1) is 35.9. The lowest BCUT2D eigenvalue weighted by molar-refractivity contribution is -0.0365. The minimum Gasteiger partial charge on any atom is -0.508 e. The van der Waals surface area contributed by atoms with E-state index in [0.717, 1.165) is 15.6 Å². The number of aromatic hydroxyl groups is 1. The van der Waals surface area contributed by atoms with Crippen LogP contribution in [-0.2, 0) is 17.8 Å². The Kier molecular flexibility index (Phi) is 11.9. The Hall–Kier alpha value is -4.90. The number of benzene rings is 5. The molecule has 1 fully saturated rings. The van der Waals surface area contributed by atoms with Crippen LogP contribution in [0.15, 0.2) is 132 Å². The highest BCUT2D eigenvalue weighted by molar-refractivity contribution is 9.10. The van der Waals surface area contributed by atoms with Crippen molar-refractivity contribution in [1.82, 2.24) is 4.90 Å². The van der Waals surface area contributed by atoms with Gasteiger partial charge in [0.2, 0.25) is 0 Å². The Morgan fingerprint density at radius 3 is 2.22 bits per heavy atom. The Bertz CT molecular complexity index is 1860. The Balaban J connectivity index is 1.40. The van der Waals surface area contributed by atoms with Crippen LogP contribution < -0.4 is 10.1 Å². The number of carbonyl (C=O) groups excluding carboxylic acids is 1. The predicted octanol–water partition coefficient (Wildman–Crippen LogP) is 8.54. The van der Waals surface area contributed by atoms with E-state index in [4.69, 9.17) is 9.47 Å². The number of nitrogens with zero attached hydrogens (tertiary/aromatic N) is 1. The van der Waals surface area contributed by atoms with Crippen molar-refractivity contribution in [3.8, 4) is 11.5 Å². The summed E-state index contributed by atoms with van der Waals surface area (Å²) < 4.78 is 26.5. The highest BCUT2D eigenvalue weighted by Crippen LogP contribution is 2.41. The second-order valence-electron chi connectivity index (χ2n) is 12.7. The van der Waals surface area contributed by atoms with Crippen molar-refractivity contribution in [1.29, 1.82) is 0 Å². The molecule has 1 saturated heterocycles. The van der Waals surface area contributed by atoms with Crippen LogP contribution in [0.5, 0.6) is 11.5 Å². The van der Waals surface area contributed by atoms with Gasteiger partial charge in [-0.3, -0.25) is 4.90 Å². The van der Waals surface area contributed by atoms with Crippen LogP contribution in [0, 0.1) is 11.7 Å². The number of carbonyl (C=O) groups is 1. The number of nitrogens with one attached hydrogen (secondary N) is 1. The number of aliphatic hydroxyl groups is 2. The van der Waals surface area contributed by atoms with Crippen LogP contribution in [0.1, 0.15) is 47.2 Å². The van der Waals surface area contributed by atoms with Crippen molar-refractivity contribution >= 4 is 27.7 Å². The van der Waals surface area contributed by atoms with Crippen LogP contribution in [0.25, 0.3) is 0 Å². The van der Waals surface area contributed by atoms with Crippen molar-refractivity contribution in [2.24, 2.45) is 5.92 Å². The zero-order valence-corrected chi connectivity index (χ0v) is 29.4. The molecule has 0 bridgehead atoms. The van der Waals surface area contributed by atoms with E-state index in [2.05, 4.69) is 21.2 Å². The Morgan fingerprint density at radius 1 is 0.863 bits per heavy atom. The number of phenolic OH excluding ortho intramolecular Hbond substituents is 1. The first-order chi connectivity index (χ1) is 24.7. The summed E-state index contributed by atoms with van der Waals surface area (Å²) in [4.78, 5) is 14.8. The monoisotopic (exact) mass is 754 g/mol. The fraction of sp³-hybridized carbons (Fsp3) is 0.244. The van der Waals surface area contributed by atoms with Gasteiger partial charge in [-0.2, -0.15) is 0 Å². The Morgan fingerprint density at radius 2 is 1.53 bits per heavy atom. The van der Waals surface area contributed by atoms with Crippen molar-refractivity contribution < 1.29 is 34.0 Å². The maximum absolute atomic E-state index is 13.7. The van der Waals surface area contributed by atoms with E-state index >= 15 is 0 Å². The summed E-state index contributed by atoms with van der Waals surface area (Å²) in [5.41, 5.74) is 3.84. The number of hydrogen-bond donors (Lipinski definition) is 4. The molecule has 1 amide bonds. The summed E-state index contributed by atoms with van der Waals surface area (Å²) in [5.74, 6) is -0.508. The van der Waals surface area contributed by atoms with Gasteiger partial charge in [0.05, 0.1) is 18.2 Å². The second kappa shape index (κ2) is 16.9. The molecular weight excluding hydrogens is 715 g/mol. The minimum absolute atomic E-state index is 0.0928. The van der Waals surface area contributed by atoms with Crippen molar-refractivity contribution in [2.75, 3.05) is 11.9 Å². The fourth-order valence-corrected chi connectivity index (χ4v) is 6.85. The molecule has 5 atom stereocenters. The average Bonchev–Trinajstić information content (AvgIpc) is 3.51. The van der Waals surface area contributed by atoms with E-state index in [9.17, 15) is 24.5 Å². The van der Waals surface area contributed by atoms with Gasteiger partial charge in [-0.25, -0.2) is 9.18 Å². The van der Waals surface area contributed by atoms with Gasteiger partial charge in [0.1, 0.15) is 36.8 Å². The molecule has 4 unspecified atom stereocenters. The maximum Gasteiger partial charge on any atom is 0.412 e. The molecular formula is C41H40BrFN2O6. The van der Waals surface area contributed by atoms with Crippen molar-refractivity contribution in [3.63, 3.8) is 0 Å². The van der Waals surface area contributed by atoms with Crippen LogP contribution in [-0.4, -0.2) is 45.2 Å². The zero-order chi connectivity index (χ0) is 35.7. The molecule has 6 rings (SSSR count). The minimum atomic E-state index is -1.37. The lowest BCUT2D eigenvalue weighted by Crippen LogP contribution is -2.49. The molecule has 4 N–H and O–H groups in total. The smallest absolute Gasteiger partial charge is 0.412 e. The molecule has 8 nitrogen and oxygen atoms in total. The standard InChI is InChI=1S/C41H40BrFN2O6/c42-30-13-20-35(38(24-30)50-25-28-9-5-2-6-10-28)39(44-32-16-18-34(46)19-17-32)36(21-22-37(47)29-11-14-31(43)15-12-29)40(48)45-33(26-51-41(45)49)23-27-7-3-1-4-8-27/h1-20,24,33,36-37,39-40,44,46-48H,21-23,25-26H2/t33-,36?,37?,39?,40?/m0/s1. The molecule has 1 aliphatic heterocycles. The number of amides is 1. The third-order valence-electron chi connectivity index (χ3n) is 9.18. The average molecular weight is 756 g/mol. The number of hydrogen-bond acceptors (Lipinski definition) is 7. The van der Waals surface area contributed by atoms with E-state index in [0.29, 0.717) is 29.0 Å². The summed E-state index contributed by atoms with van der Waals surface area (Å²) in [6, 6.07) is 36.2. The summed E-state index contributed by atoms with van der Waals surface area (Å²) in [6.45, 7) is 0.389. The number of phenols is 1. The molecule has 264 valence electrons. The van der Waals surface area contributed by atoms with Crippen LogP contribution >= 0.6 is 15.9 Å². The number of ether oxygens (including phenoxy) is 2. The molecule has 1 heterocycles. The fourth-order valence-electron chi connectivity index (χ4n) is 6.51. The molecule has 0 radical (unpaired) electrons. The molecule has 1 aliphatic rings. The third-order valence-corrected chi connectivity index (χ3v) is 9.67. The normalized spacial score (nSPS) is 16.6. The lowest BCUT2D eigenvalue weighted by Gasteiger charge is -2.38. The molecule has 0 aliphatic carbocycles. The highest BCUT2D eigenvalue weighted by atomic mass is 79.9. The molecule has 10 heteroatoms. The van der Waals surface area contributed by atoms with E-state index < -0.39 is 42.2 Å². The van der Waals surface area contributed by atoms with E-state index in [1.54, 1.807) is 24.3 Å². The summed E-state index contributed by atoms with van der Waals surface area (Å²) in [5, 5.41) is 37.3. The number of halogens is 2. The van der Waals surface area contributed by atoms with Crippen molar-refractivity contribution in [3.05, 3.63) is 160 Å². The van der Waals surface area contributed by atoms with Gasteiger partial charge in [-0.15, -0.1) is 0 Å². The van der Waals surface area contributed by atoms with Gasteiger partial charge in [0.25, 0.3) is 0 Å². The van der Waals surface area contributed by atoms with Crippen molar-refractivity contribution in [2.45, 2.75) is 50.3 Å². The van der Waals surface area contributed by atoms with E-state index in [1.165, 1.54) is 29.2 Å². The topological polar surface area (TPSA) is 111 Å². The zero-order valence-electron chi connectivity index (χ0n) is 27.8. The second-order valence-corrected chi connectivity index (χ2v) is 13.6. The number of aliphatic hydroxyl groups excluding tert-OH is 2. The first-order valence-electron chi connectivity index (χ1n) is 16.9. The third kappa shape index (κ3) is 9.26. The molecule has 51 heavy (non-hydrogen) atoms. The largest absolute Gasteiger partial charge is 0.508 e. The van der Waals surface area contributed by atoms with Crippen LogP contribution in [0.4, 0.5) is 14.9 Å².